The highest BCUT2D eigenvalue weighted by Gasteiger charge is 2.32. The first-order valence-electron chi connectivity index (χ1n) is 19.2. The molecule has 0 saturated carbocycles. The lowest BCUT2D eigenvalue weighted by Crippen LogP contribution is -2.48. The Kier molecular flexibility index (Phi) is 14.9. The van der Waals surface area contributed by atoms with E-state index in [0.29, 0.717) is 62.4 Å². The van der Waals surface area contributed by atoms with Crippen LogP contribution in [-0.4, -0.2) is 94.9 Å². The summed E-state index contributed by atoms with van der Waals surface area (Å²) in [6.45, 7) is 5.89. The molecule has 0 spiro atoms. The Bertz CT molecular complexity index is 2670. The van der Waals surface area contributed by atoms with E-state index in [1.54, 1.807) is 35.8 Å². The van der Waals surface area contributed by atoms with E-state index in [4.69, 9.17) is 61.1 Å². The SMILES string of the molecule is COc1ccc(Cc2csc(N3CCN(S(=O)(=O)c4ccc(Cl)cc4Cl)CC3)n2)cc1.Cc1ccc(Cc2csc(N3CCN(S(=O)(=O)c4ccc(Cl)cc4Cl)CC3)n2)cc1. The molecule has 0 radical (unpaired) electrons. The van der Waals surface area contributed by atoms with Crippen LogP contribution in [0.25, 0.3) is 0 Å². The number of thiazole rings is 2. The molecule has 61 heavy (non-hydrogen) atoms. The third kappa shape index (κ3) is 11.2. The number of sulfonamides is 2. The lowest BCUT2D eigenvalue weighted by molar-refractivity contribution is 0.384. The van der Waals surface area contributed by atoms with Crippen LogP contribution in [0.1, 0.15) is 28.1 Å². The molecule has 6 aromatic rings. The maximum atomic E-state index is 13.0. The van der Waals surface area contributed by atoms with E-state index in [9.17, 15) is 16.8 Å². The molecular formula is C42H42Cl4N6O5S4. The van der Waals surface area contributed by atoms with E-state index in [0.717, 1.165) is 45.8 Å². The number of ether oxygens (including phenoxy) is 1. The Morgan fingerprint density at radius 2 is 0.967 bits per heavy atom. The van der Waals surface area contributed by atoms with E-state index in [-0.39, 0.29) is 19.8 Å². The van der Waals surface area contributed by atoms with Crippen molar-refractivity contribution in [2.45, 2.75) is 29.6 Å². The van der Waals surface area contributed by atoms with Gasteiger partial charge in [0.2, 0.25) is 20.0 Å². The molecule has 0 aliphatic carbocycles. The van der Waals surface area contributed by atoms with E-state index in [1.165, 1.54) is 50.1 Å². The van der Waals surface area contributed by atoms with Crippen LogP contribution in [-0.2, 0) is 32.9 Å². The number of piperazine rings is 2. The van der Waals surface area contributed by atoms with Gasteiger partial charge in [-0.15, -0.1) is 22.7 Å². The quantitative estimate of drug-likeness (QED) is 0.125. The highest BCUT2D eigenvalue weighted by atomic mass is 35.5. The largest absolute Gasteiger partial charge is 0.497 e. The number of benzene rings is 4. The number of hydrogen-bond acceptors (Lipinski definition) is 11. The van der Waals surface area contributed by atoms with Crippen molar-refractivity contribution in [3.8, 4) is 5.75 Å². The average molecular weight is 981 g/mol. The molecule has 0 atom stereocenters. The molecule has 2 aliphatic rings. The van der Waals surface area contributed by atoms with Gasteiger partial charge in [-0.1, -0.05) is 88.4 Å². The highest BCUT2D eigenvalue weighted by Crippen LogP contribution is 2.32. The summed E-state index contributed by atoms with van der Waals surface area (Å²) < 4.78 is 60.0. The van der Waals surface area contributed by atoms with Gasteiger partial charge < -0.3 is 14.5 Å². The van der Waals surface area contributed by atoms with Crippen molar-refractivity contribution >= 4 is 99.4 Å². The molecule has 2 aromatic heterocycles. The van der Waals surface area contributed by atoms with Crippen LogP contribution in [0.4, 0.5) is 10.3 Å². The maximum Gasteiger partial charge on any atom is 0.244 e. The molecule has 0 N–H and O–H groups in total. The predicted molar refractivity (Wildman–Crippen MR) is 249 cm³/mol. The molecule has 4 heterocycles. The fraction of sp³-hybridized carbons (Fsp3) is 0.286. The van der Waals surface area contributed by atoms with Crippen molar-refractivity contribution in [2.75, 3.05) is 69.3 Å². The summed E-state index contributed by atoms with van der Waals surface area (Å²) in [6, 6.07) is 25.3. The number of aryl methyl sites for hydroxylation is 1. The van der Waals surface area contributed by atoms with Crippen LogP contribution in [0, 0.1) is 6.92 Å². The van der Waals surface area contributed by atoms with Gasteiger partial charge in [0, 0.05) is 86.0 Å². The van der Waals surface area contributed by atoms with Gasteiger partial charge in [-0.2, -0.15) is 8.61 Å². The van der Waals surface area contributed by atoms with Crippen LogP contribution in [0.15, 0.2) is 105 Å². The Hall–Kier alpha value is -3.48. The van der Waals surface area contributed by atoms with E-state index in [1.807, 2.05) is 24.3 Å². The van der Waals surface area contributed by atoms with Gasteiger partial charge in [0.1, 0.15) is 15.5 Å². The first-order chi connectivity index (χ1) is 29.2. The molecule has 0 bridgehead atoms. The summed E-state index contributed by atoms with van der Waals surface area (Å²) in [4.78, 5) is 14.0. The minimum absolute atomic E-state index is 0.0862. The van der Waals surface area contributed by atoms with Crippen molar-refractivity contribution in [1.29, 1.82) is 0 Å². The van der Waals surface area contributed by atoms with Gasteiger partial charge >= 0.3 is 0 Å². The number of nitrogens with zero attached hydrogens (tertiary/aromatic N) is 6. The second-order valence-electron chi connectivity index (χ2n) is 14.4. The lowest BCUT2D eigenvalue weighted by Gasteiger charge is -2.33. The highest BCUT2D eigenvalue weighted by molar-refractivity contribution is 7.89. The second kappa shape index (κ2) is 19.9. The van der Waals surface area contributed by atoms with Crippen LogP contribution in [0.3, 0.4) is 0 Å². The van der Waals surface area contributed by atoms with Crippen LogP contribution in [0.2, 0.25) is 20.1 Å². The first kappa shape index (κ1) is 45.5. The minimum Gasteiger partial charge on any atom is -0.497 e. The molecule has 0 unspecified atom stereocenters. The molecule has 2 saturated heterocycles. The molecule has 11 nitrogen and oxygen atoms in total. The Morgan fingerprint density at radius 1 is 0.574 bits per heavy atom. The summed E-state index contributed by atoms with van der Waals surface area (Å²) >= 11 is 27.2. The summed E-state index contributed by atoms with van der Waals surface area (Å²) in [5, 5.41) is 7.06. The van der Waals surface area contributed by atoms with E-state index < -0.39 is 20.0 Å². The number of rotatable bonds is 11. The smallest absolute Gasteiger partial charge is 0.244 e. The Labute approximate surface area is 385 Å². The summed E-state index contributed by atoms with van der Waals surface area (Å²) in [5.41, 5.74) is 5.65. The topological polar surface area (TPSA) is 116 Å². The van der Waals surface area contributed by atoms with Gasteiger partial charge in [0.15, 0.2) is 10.3 Å². The average Bonchev–Trinajstić information content (AvgIpc) is 3.92. The summed E-state index contributed by atoms with van der Waals surface area (Å²) in [5.74, 6) is 0.829. The molecule has 2 aliphatic heterocycles. The predicted octanol–water partition coefficient (Wildman–Crippen LogP) is 9.42. The zero-order valence-corrected chi connectivity index (χ0v) is 39.5. The zero-order valence-electron chi connectivity index (χ0n) is 33.2. The number of aromatic nitrogens is 2. The van der Waals surface area contributed by atoms with Gasteiger partial charge in [0.25, 0.3) is 0 Å². The van der Waals surface area contributed by atoms with Crippen LogP contribution < -0.4 is 14.5 Å². The summed E-state index contributed by atoms with van der Waals surface area (Å²) in [6.07, 6.45) is 1.53. The third-order valence-electron chi connectivity index (χ3n) is 10.2. The number of halogens is 4. The van der Waals surface area contributed by atoms with Crippen molar-refractivity contribution < 1.29 is 21.6 Å². The molecule has 2 fully saturated rings. The van der Waals surface area contributed by atoms with Gasteiger partial charge in [-0.3, -0.25) is 0 Å². The fourth-order valence-electron chi connectivity index (χ4n) is 6.80. The molecule has 322 valence electrons. The van der Waals surface area contributed by atoms with Crippen LogP contribution in [0.5, 0.6) is 5.75 Å². The maximum absolute atomic E-state index is 13.0. The normalized spacial score (nSPS) is 15.4. The minimum atomic E-state index is -3.67. The number of hydrogen-bond donors (Lipinski definition) is 0. The molecule has 19 heteroatoms. The van der Waals surface area contributed by atoms with Gasteiger partial charge in [-0.05, 0) is 66.6 Å². The van der Waals surface area contributed by atoms with Crippen molar-refractivity contribution in [1.82, 2.24) is 18.6 Å². The lowest BCUT2D eigenvalue weighted by atomic mass is 10.1. The van der Waals surface area contributed by atoms with Gasteiger partial charge in [0.05, 0.1) is 28.5 Å². The van der Waals surface area contributed by atoms with E-state index >= 15 is 0 Å². The molecule has 0 amide bonds. The molecular weight excluding hydrogens is 939 g/mol. The summed E-state index contributed by atoms with van der Waals surface area (Å²) in [7, 11) is -5.67. The molecule has 4 aromatic carbocycles. The fourth-order valence-corrected chi connectivity index (χ4v) is 12.9. The number of methoxy groups -OCH3 is 1. The molecule has 8 rings (SSSR count). The van der Waals surface area contributed by atoms with Crippen molar-refractivity contribution in [3.63, 3.8) is 0 Å². The zero-order chi connectivity index (χ0) is 43.3. The third-order valence-corrected chi connectivity index (χ3v) is 17.3. The van der Waals surface area contributed by atoms with Crippen molar-refractivity contribution in [3.05, 3.63) is 144 Å². The Balaban J connectivity index is 0.000000184. The van der Waals surface area contributed by atoms with E-state index in [2.05, 4.69) is 51.7 Å². The second-order valence-corrected chi connectivity index (χ2v) is 21.5. The Morgan fingerprint density at radius 3 is 1.34 bits per heavy atom. The van der Waals surface area contributed by atoms with Crippen molar-refractivity contribution in [2.24, 2.45) is 0 Å². The number of anilines is 2. The first-order valence-corrected chi connectivity index (χ1v) is 25.3. The van der Waals surface area contributed by atoms with Gasteiger partial charge in [-0.25, -0.2) is 26.8 Å². The van der Waals surface area contributed by atoms with Crippen LogP contribution >= 0.6 is 69.1 Å². The monoisotopic (exact) mass is 978 g/mol. The standard InChI is InChI=1S/C21H21Cl2N3O3S2.C21H21Cl2N3O2S2/c1-29-18-5-2-15(3-6-18)12-17-14-30-21(24-17)25-8-10-26(11-9-25)31(27,28)20-7-4-16(22)13-19(20)23;1-15-2-4-16(5-3-15)12-18-14-29-21(24-18)25-8-10-26(11-9-25)30(27,28)20-7-6-17(22)13-19(20)23/h2-7,13-14H,8-12H2,1H3;2-7,13-14H,8-12H2,1H3.